The fraction of sp³-hybridized carbons (Fsp3) is 0.0357. The molecule has 0 amide bonds. The molecule has 0 aliphatic carbocycles. The fourth-order valence-corrected chi connectivity index (χ4v) is 5.30. The average Bonchev–Trinajstić information content (AvgIpc) is 3.32. The fourth-order valence-electron chi connectivity index (χ4n) is 4.84. The van der Waals surface area contributed by atoms with Crippen molar-refractivity contribution >= 4 is 32.3 Å². The van der Waals surface area contributed by atoms with Gasteiger partial charge in [-0.15, -0.1) is 5.10 Å². The minimum atomic E-state index is -0.0986. The second-order valence-electron chi connectivity index (χ2n) is 8.29. The van der Waals surface area contributed by atoms with Gasteiger partial charge in [-0.1, -0.05) is 88.7 Å². The van der Waals surface area contributed by atoms with Crippen LogP contribution < -0.4 is 4.74 Å². The summed E-state index contributed by atoms with van der Waals surface area (Å²) in [6.45, 7) is 0. The van der Waals surface area contributed by atoms with Gasteiger partial charge in [-0.3, -0.25) is 0 Å². The van der Waals surface area contributed by atoms with Crippen LogP contribution in [0.1, 0.15) is 22.6 Å². The highest BCUT2D eigenvalue weighted by Crippen LogP contribution is 2.50. The third-order valence-corrected chi connectivity index (χ3v) is 7.04. The second-order valence-corrected chi connectivity index (χ2v) is 9.15. The number of benzene rings is 4. The molecule has 0 saturated carbocycles. The third kappa shape index (κ3) is 2.89. The largest absolute Gasteiger partial charge is 0.438 e. The van der Waals surface area contributed by atoms with Crippen molar-refractivity contribution in [2.45, 2.75) is 5.92 Å². The highest BCUT2D eigenvalue weighted by molar-refractivity contribution is 9.10. The van der Waals surface area contributed by atoms with Gasteiger partial charge in [-0.05, 0) is 34.5 Å². The first-order valence-electron chi connectivity index (χ1n) is 11.0. The summed E-state index contributed by atoms with van der Waals surface area (Å²) in [7, 11) is 0. The highest BCUT2D eigenvalue weighted by atomic mass is 79.9. The molecule has 34 heavy (non-hydrogen) atoms. The lowest BCUT2D eigenvalue weighted by atomic mass is 9.81. The van der Waals surface area contributed by atoms with Crippen molar-refractivity contribution in [3.63, 3.8) is 0 Å². The maximum absolute atomic E-state index is 6.38. The lowest BCUT2D eigenvalue weighted by Crippen LogP contribution is -2.15. The highest BCUT2D eigenvalue weighted by Gasteiger charge is 2.34. The van der Waals surface area contributed by atoms with Crippen LogP contribution in [-0.4, -0.2) is 19.6 Å². The van der Waals surface area contributed by atoms with Gasteiger partial charge in [0.1, 0.15) is 12.1 Å². The summed E-state index contributed by atoms with van der Waals surface area (Å²) in [6.07, 6.45) is 1.68. The van der Waals surface area contributed by atoms with Crippen LogP contribution in [-0.2, 0) is 0 Å². The smallest absolute Gasteiger partial charge is 0.228 e. The van der Waals surface area contributed by atoms with Gasteiger partial charge in [0.15, 0.2) is 11.5 Å². The van der Waals surface area contributed by atoms with Crippen LogP contribution in [0.2, 0.25) is 0 Å². The second kappa shape index (κ2) is 7.50. The number of hydrogen-bond acceptors (Lipinski definition) is 4. The molecule has 0 fully saturated rings. The van der Waals surface area contributed by atoms with E-state index < -0.39 is 0 Å². The summed E-state index contributed by atoms with van der Waals surface area (Å²) < 4.78 is 9.08. The Bertz CT molecular complexity index is 1710. The van der Waals surface area contributed by atoms with E-state index in [9.17, 15) is 0 Å². The molecule has 1 atom stereocenters. The first kappa shape index (κ1) is 19.4. The molecule has 0 N–H and O–H groups in total. The Kier molecular flexibility index (Phi) is 4.29. The summed E-state index contributed by atoms with van der Waals surface area (Å²) in [5.74, 6) is 1.93. The Morgan fingerprint density at radius 3 is 2.47 bits per heavy atom. The van der Waals surface area contributed by atoms with Crippen LogP contribution in [0.25, 0.3) is 27.8 Å². The van der Waals surface area contributed by atoms with E-state index in [-0.39, 0.29) is 5.92 Å². The summed E-state index contributed by atoms with van der Waals surface area (Å²) in [5, 5.41) is 7.09. The molecule has 0 spiro atoms. The van der Waals surface area contributed by atoms with E-state index in [0.29, 0.717) is 11.7 Å². The minimum absolute atomic E-state index is 0.0986. The average molecular weight is 505 g/mol. The quantitative estimate of drug-likeness (QED) is 0.254. The first-order chi connectivity index (χ1) is 16.8. The molecule has 0 saturated heterocycles. The Labute approximate surface area is 203 Å². The van der Waals surface area contributed by atoms with Crippen molar-refractivity contribution in [3.05, 3.63) is 118 Å². The Morgan fingerprint density at radius 2 is 1.59 bits per heavy atom. The van der Waals surface area contributed by atoms with E-state index in [1.165, 1.54) is 5.39 Å². The molecule has 0 unspecified atom stereocenters. The van der Waals surface area contributed by atoms with E-state index in [1.807, 2.05) is 36.4 Å². The molecule has 5 nitrogen and oxygen atoms in total. The summed E-state index contributed by atoms with van der Waals surface area (Å²) in [6, 6.07) is 31.0. The molecular weight excluding hydrogens is 488 g/mol. The molecule has 7 rings (SSSR count). The van der Waals surface area contributed by atoms with Gasteiger partial charge in [0.05, 0.1) is 5.56 Å². The molecule has 6 heteroatoms. The van der Waals surface area contributed by atoms with Gasteiger partial charge in [0, 0.05) is 21.5 Å². The van der Waals surface area contributed by atoms with E-state index in [0.717, 1.165) is 43.5 Å². The number of rotatable bonds is 2. The zero-order chi connectivity index (χ0) is 22.6. The van der Waals surface area contributed by atoms with Crippen molar-refractivity contribution < 1.29 is 4.74 Å². The molecule has 162 valence electrons. The molecule has 1 aliphatic rings. The van der Waals surface area contributed by atoms with Crippen LogP contribution in [0.5, 0.6) is 11.6 Å². The molecule has 2 aromatic heterocycles. The number of fused-ring (bicyclic) bond motifs is 6. The molecule has 4 aromatic carbocycles. The normalized spacial score (nSPS) is 14.6. The van der Waals surface area contributed by atoms with Crippen LogP contribution >= 0.6 is 15.9 Å². The summed E-state index contributed by atoms with van der Waals surface area (Å²) in [5.41, 5.74) is 4.87. The third-order valence-electron chi connectivity index (χ3n) is 6.35. The maximum Gasteiger partial charge on any atom is 0.228 e. The van der Waals surface area contributed by atoms with E-state index in [2.05, 4.69) is 75.5 Å². The first-order valence-corrected chi connectivity index (χ1v) is 11.8. The van der Waals surface area contributed by atoms with Gasteiger partial charge in [-0.25, -0.2) is 14.5 Å². The number of nitrogens with zero attached hydrogens (tertiary/aromatic N) is 4. The minimum Gasteiger partial charge on any atom is -0.438 e. The molecule has 0 radical (unpaired) electrons. The van der Waals surface area contributed by atoms with Gasteiger partial charge < -0.3 is 4.74 Å². The number of aromatic nitrogens is 4. The predicted molar refractivity (Wildman–Crippen MR) is 135 cm³/mol. The van der Waals surface area contributed by atoms with E-state index in [1.54, 1.807) is 10.8 Å². The van der Waals surface area contributed by atoms with Gasteiger partial charge in [0.2, 0.25) is 5.88 Å². The topological polar surface area (TPSA) is 52.3 Å². The zero-order valence-electron chi connectivity index (χ0n) is 17.9. The Morgan fingerprint density at radius 1 is 0.794 bits per heavy atom. The van der Waals surface area contributed by atoms with Crippen LogP contribution in [0, 0.1) is 0 Å². The van der Waals surface area contributed by atoms with E-state index in [4.69, 9.17) is 14.8 Å². The lowest BCUT2D eigenvalue weighted by molar-refractivity contribution is 0.433. The Hall–Kier alpha value is -4.03. The standard InChI is InChI=1S/C28H17BrN4O/c29-21-13-7-6-12-20(21)26-31-27-25-23(18-9-2-1-3-10-18)24-19-11-5-4-8-17(19)14-15-22(24)34-28(25)30-16-33(27)32-26/h1-16,23H/t23-/m0/s1. The molecule has 0 bridgehead atoms. The summed E-state index contributed by atoms with van der Waals surface area (Å²) >= 11 is 3.63. The van der Waals surface area contributed by atoms with Gasteiger partial charge >= 0.3 is 0 Å². The summed E-state index contributed by atoms with van der Waals surface area (Å²) in [4.78, 5) is 9.65. The van der Waals surface area contributed by atoms with Crippen molar-refractivity contribution in [3.8, 4) is 23.0 Å². The van der Waals surface area contributed by atoms with Crippen LogP contribution in [0.15, 0.2) is 102 Å². The number of halogens is 1. The van der Waals surface area contributed by atoms with Crippen molar-refractivity contribution in [1.82, 2.24) is 19.6 Å². The predicted octanol–water partition coefficient (Wildman–Crippen LogP) is 6.99. The Balaban J connectivity index is 1.55. The van der Waals surface area contributed by atoms with Crippen molar-refractivity contribution in [2.75, 3.05) is 0 Å². The monoisotopic (exact) mass is 504 g/mol. The van der Waals surface area contributed by atoms with Crippen molar-refractivity contribution in [1.29, 1.82) is 0 Å². The zero-order valence-corrected chi connectivity index (χ0v) is 19.5. The van der Waals surface area contributed by atoms with Gasteiger partial charge in [-0.2, -0.15) is 0 Å². The molecular formula is C28H17BrN4O. The van der Waals surface area contributed by atoms with Gasteiger partial charge in [0.25, 0.3) is 0 Å². The van der Waals surface area contributed by atoms with Crippen LogP contribution in [0.4, 0.5) is 0 Å². The molecule has 6 aromatic rings. The SMILES string of the molecule is Brc1ccccc1-c1nc2c3c(ncn2n1)Oc1ccc2ccccc2c1[C@@H]3c1ccccc1. The maximum atomic E-state index is 6.38. The number of ether oxygens (including phenoxy) is 1. The molecule has 1 aliphatic heterocycles. The van der Waals surface area contributed by atoms with Crippen molar-refractivity contribution in [2.24, 2.45) is 0 Å². The van der Waals surface area contributed by atoms with E-state index >= 15 is 0 Å². The number of hydrogen-bond donors (Lipinski definition) is 0. The lowest BCUT2D eigenvalue weighted by Gasteiger charge is -2.29. The molecule has 3 heterocycles. The van der Waals surface area contributed by atoms with Crippen LogP contribution in [0.3, 0.4) is 0 Å².